The first-order chi connectivity index (χ1) is 14.6. The Morgan fingerprint density at radius 3 is 2.77 bits per heavy atom. The van der Waals surface area contributed by atoms with E-state index in [0.717, 1.165) is 10.0 Å². The van der Waals surface area contributed by atoms with Crippen LogP contribution in [0.5, 0.6) is 11.5 Å². The van der Waals surface area contributed by atoms with Crippen LogP contribution in [0.25, 0.3) is 0 Å². The number of carbonyl (C=O) groups excluding carboxylic acids is 1. The molecule has 0 bridgehead atoms. The molecule has 6 nitrogen and oxygen atoms in total. The van der Waals surface area contributed by atoms with Crippen molar-refractivity contribution in [2.75, 3.05) is 7.11 Å². The number of para-hydroxylation sites is 1. The Morgan fingerprint density at radius 1 is 1.13 bits per heavy atom. The summed E-state index contributed by atoms with van der Waals surface area (Å²) < 4.78 is 11.9. The van der Waals surface area contributed by atoms with Crippen LogP contribution in [0.15, 0.2) is 76.3 Å². The minimum absolute atomic E-state index is 0.308. The van der Waals surface area contributed by atoms with E-state index in [-0.39, 0.29) is 0 Å². The fraction of sp³-hybridized carbons (Fsp3) is 0.0870. The first kappa shape index (κ1) is 21.1. The number of hydrogen-bond acceptors (Lipinski definition) is 5. The summed E-state index contributed by atoms with van der Waals surface area (Å²) in [6.45, 7) is 0.308. The maximum absolute atomic E-state index is 12.4. The van der Waals surface area contributed by atoms with Crippen LogP contribution in [0.3, 0.4) is 0 Å². The number of benzene rings is 3. The predicted octanol–water partition coefficient (Wildman–Crippen LogP) is 4.67. The number of amides is 1. The molecule has 0 aliphatic heterocycles. The second-order valence-corrected chi connectivity index (χ2v) is 7.10. The number of hydrogen-bond donors (Lipinski definition) is 1. The SMILES string of the molecule is COc1ccc(Br)cc1C(=O)N/N=C\c1ccccc1OCc1cccc(C#N)c1. The Balaban J connectivity index is 1.68. The molecule has 0 heterocycles. The van der Waals surface area contributed by atoms with Gasteiger partial charge in [0.1, 0.15) is 18.1 Å². The Labute approximate surface area is 182 Å². The van der Waals surface area contributed by atoms with Gasteiger partial charge >= 0.3 is 0 Å². The molecule has 0 fully saturated rings. The molecule has 0 radical (unpaired) electrons. The molecular formula is C23H18BrN3O3. The van der Waals surface area contributed by atoms with E-state index in [1.54, 1.807) is 30.3 Å². The topological polar surface area (TPSA) is 83.7 Å². The number of nitriles is 1. The highest BCUT2D eigenvalue weighted by Gasteiger charge is 2.12. The summed E-state index contributed by atoms with van der Waals surface area (Å²) >= 11 is 3.35. The number of nitrogens with zero attached hydrogens (tertiary/aromatic N) is 2. The van der Waals surface area contributed by atoms with Crippen LogP contribution in [0.1, 0.15) is 27.0 Å². The van der Waals surface area contributed by atoms with Gasteiger partial charge in [-0.2, -0.15) is 10.4 Å². The lowest BCUT2D eigenvalue weighted by Gasteiger charge is -2.09. The van der Waals surface area contributed by atoms with Gasteiger partial charge in [-0.3, -0.25) is 4.79 Å². The third-order valence-corrected chi connectivity index (χ3v) is 4.64. The molecule has 30 heavy (non-hydrogen) atoms. The second-order valence-electron chi connectivity index (χ2n) is 6.18. The van der Waals surface area contributed by atoms with Crippen LogP contribution in [0.4, 0.5) is 0 Å². The maximum Gasteiger partial charge on any atom is 0.275 e. The van der Waals surface area contributed by atoms with Crippen LogP contribution in [0, 0.1) is 11.3 Å². The van der Waals surface area contributed by atoms with Crippen molar-refractivity contribution in [1.82, 2.24) is 5.43 Å². The number of nitrogens with one attached hydrogen (secondary N) is 1. The number of rotatable bonds is 7. The molecule has 7 heteroatoms. The normalized spacial score (nSPS) is 10.4. The molecule has 0 unspecified atom stereocenters. The molecule has 1 amide bonds. The number of ether oxygens (including phenoxy) is 2. The van der Waals surface area contributed by atoms with Crippen LogP contribution >= 0.6 is 15.9 Å². The van der Waals surface area contributed by atoms with Gasteiger partial charge in [0.05, 0.1) is 30.5 Å². The molecule has 150 valence electrons. The highest BCUT2D eigenvalue weighted by atomic mass is 79.9. The van der Waals surface area contributed by atoms with E-state index in [4.69, 9.17) is 14.7 Å². The first-order valence-corrected chi connectivity index (χ1v) is 9.78. The smallest absolute Gasteiger partial charge is 0.275 e. The van der Waals surface area contributed by atoms with E-state index in [2.05, 4.69) is 32.5 Å². The summed E-state index contributed by atoms with van der Waals surface area (Å²) in [5, 5.41) is 13.1. The van der Waals surface area contributed by atoms with Crippen LogP contribution in [-0.4, -0.2) is 19.2 Å². The van der Waals surface area contributed by atoms with Crippen LogP contribution < -0.4 is 14.9 Å². The summed E-state index contributed by atoms with van der Waals surface area (Å²) in [4.78, 5) is 12.4. The minimum Gasteiger partial charge on any atom is -0.496 e. The zero-order valence-electron chi connectivity index (χ0n) is 16.1. The molecular weight excluding hydrogens is 446 g/mol. The third-order valence-electron chi connectivity index (χ3n) is 4.15. The second kappa shape index (κ2) is 10.2. The van der Waals surface area contributed by atoms with Crippen molar-refractivity contribution in [3.8, 4) is 17.6 Å². The molecule has 1 N–H and O–H groups in total. The van der Waals surface area contributed by atoms with E-state index in [1.165, 1.54) is 13.3 Å². The highest BCUT2D eigenvalue weighted by molar-refractivity contribution is 9.10. The van der Waals surface area contributed by atoms with Crippen molar-refractivity contribution in [2.45, 2.75) is 6.61 Å². The fourth-order valence-corrected chi connectivity index (χ4v) is 3.05. The molecule has 0 saturated carbocycles. The van der Waals surface area contributed by atoms with Gasteiger partial charge < -0.3 is 9.47 Å². The van der Waals surface area contributed by atoms with Gasteiger partial charge in [0.15, 0.2) is 0 Å². The van der Waals surface area contributed by atoms with E-state index in [0.29, 0.717) is 34.8 Å². The summed E-state index contributed by atoms with van der Waals surface area (Å²) in [6, 6.07) is 21.8. The molecule has 0 spiro atoms. The maximum atomic E-state index is 12.4. The van der Waals surface area contributed by atoms with Crippen molar-refractivity contribution in [3.05, 3.63) is 93.5 Å². The first-order valence-electron chi connectivity index (χ1n) is 8.98. The summed E-state index contributed by atoms with van der Waals surface area (Å²) in [7, 11) is 1.50. The molecule has 0 aliphatic rings. The summed E-state index contributed by atoms with van der Waals surface area (Å²) in [6.07, 6.45) is 1.52. The standard InChI is InChI=1S/C23H18BrN3O3/c1-29-22-10-9-19(24)12-20(22)23(28)27-26-14-18-7-2-3-8-21(18)30-15-17-6-4-5-16(11-17)13-25/h2-12,14H,15H2,1H3,(H,27,28)/b26-14-. The number of carbonyl (C=O) groups is 1. The third kappa shape index (κ3) is 5.46. The van der Waals surface area contributed by atoms with E-state index >= 15 is 0 Å². The van der Waals surface area contributed by atoms with Gasteiger partial charge in [0, 0.05) is 10.0 Å². The lowest BCUT2D eigenvalue weighted by atomic mass is 10.1. The fourth-order valence-electron chi connectivity index (χ4n) is 2.69. The van der Waals surface area contributed by atoms with Gasteiger partial charge in [-0.15, -0.1) is 0 Å². The molecule has 3 aromatic rings. The van der Waals surface area contributed by atoms with Gasteiger partial charge in [-0.05, 0) is 48.0 Å². The molecule has 0 aliphatic carbocycles. The Morgan fingerprint density at radius 2 is 1.97 bits per heavy atom. The van der Waals surface area contributed by atoms with Crippen molar-refractivity contribution in [2.24, 2.45) is 5.10 Å². The molecule has 0 aromatic heterocycles. The van der Waals surface area contributed by atoms with E-state index in [1.807, 2.05) is 36.4 Å². The summed E-state index contributed by atoms with van der Waals surface area (Å²) in [5.74, 6) is 0.670. The lowest BCUT2D eigenvalue weighted by Crippen LogP contribution is -2.18. The number of methoxy groups -OCH3 is 1. The average molecular weight is 464 g/mol. The van der Waals surface area contributed by atoms with Gasteiger partial charge in [0.2, 0.25) is 0 Å². The van der Waals surface area contributed by atoms with Gasteiger partial charge in [-0.1, -0.05) is 40.2 Å². The Hall–Kier alpha value is -3.63. The van der Waals surface area contributed by atoms with Crippen molar-refractivity contribution >= 4 is 28.1 Å². The molecule has 3 rings (SSSR count). The minimum atomic E-state index is -0.392. The predicted molar refractivity (Wildman–Crippen MR) is 118 cm³/mol. The summed E-state index contributed by atoms with van der Waals surface area (Å²) in [5.41, 5.74) is 5.04. The number of hydrazone groups is 1. The highest BCUT2D eigenvalue weighted by Crippen LogP contribution is 2.23. The Bertz CT molecular complexity index is 1120. The van der Waals surface area contributed by atoms with Crippen molar-refractivity contribution in [1.29, 1.82) is 5.26 Å². The van der Waals surface area contributed by atoms with E-state index < -0.39 is 5.91 Å². The molecule has 3 aromatic carbocycles. The zero-order chi connectivity index (χ0) is 21.3. The van der Waals surface area contributed by atoms with E-state index in [9.17, 15) is 4.79 Å². The molecule has 0 atom stereocenters. The van der Waals surface area contributed by atoms with Crippen molar-refractivity contribution < 1.29 is 14.3 Å². The van der Waals surface area contributed by atoms with Crippen LogP contribution in [-0.2, 0) is 6.61 Å². The largest absolute Gasteiger partial charge is 0.496 e. The monoisotopic (exact) mass is 463 g/mol. The van der Waals surface area contributed by atoms with Crippen molar-refractivity contribution in [3.63, 3.8) is 0 Å². The Kier molecular flexibility index (Phi) is 7.19. The van der Waals surface area contributed by atoms with Crippen LogP contribution in [0.2, 0.25) is 0 Å². The quantitative estimate of drug-likeness (QED) is 0.407. The van der Waals surface area contributed by atoms with Gasteiger partial charge in [-0.25, -0.2) is 5.43 Å². The zero-order valence-corrected chi connectivity index (χ0v) is 17.7. The molecule has 0 saturated heterocycles. The number of halogens is 1. The van der Waals surface area contributed by atoms with Gasteiger partial charge in [0.25, 0.3) is 5.91 Å². The average Bonchev–Trinajstić information content (AvgIpc) is 2.78. The lowest BCUT2D eigenvalue weighted by molar-refractivity contribution is 0.0952.